The Bertz CT molecular complexity index is 1440. The van der Waals surface area contributed by atoms with Gasteiger partial charge in [-0.05, 0) is 63.2 Å². The standard InChI is InChI=1S/C28H31N5O2S/c1-29-27(35)19-8-6-18(7-9-19)23-17-33-24-11-10-20(13-26(24)36-28(33)30-23)25(34)5-3-4-12-32-16-21-14-22(32)15-31(21)2/h6-11,13,17,21-22H,3-5,12,14-16H2,1-2H3,(H,29,35). The van der Waals surface area contributed by atoms with Crippen molar-refractivity contribution in [3.63, 3.8) is 0 Å². The van der Waals surface area contributed by atoms with Crippen molar-refractivity contribution in [1.82, 2.24) is 24.5 Å². The van der Waals surface area contributed by atoms with E-state index in [1.165, 1.54) is 19.5 Å². The molecule has 2 aliphatic rings. The van der Waals surface area contributed by atoms with Gasteiger partial charge in [-0.3, -0.25) is 18.9 Å². The molecular formula is C28H31N5O2S. The summed E-state index contributed by atoms with van der Waals surface area (Å²) in [6.45, 7) is 3.49. The molecule has 0 aliphatic carbocycles. The minimum Gasteiger partial charge on any atom is -0.355 e. The van der Waals surface area contributed by atoms with Gasteiger partial charge < -0.3 is 10.2 Å². The minimum absolute atomic E-state index is 0.102. The summed E-state index contributed by atoms with van der Waals surface area (Å²) in [5.74, 6) is 0.123. The Balaban J connectivity index is 1.09. The first-order valence-electron chi connectivity index (χ1n) is 12.7. The van der Waals surface area contributed by atoms with Gasteiger partial charge in [0.25, 0.3) is 5.91 Å². The molecule has 6 rings (SSSR count). The number of piperazine rings is 1. The molecule has 0 spiro atoms. The molecule has 1 N–H and O–H groups in total. The Kier molecular flexibility index (Phi) is 6.11. The van der Waals surface area contributed by atoms with Crippen LogP contribution >= 0.6 is 11.3 Å². The number of benzene rings is 2. The number of likely N-dealkylation sites (tertiary alicyclic amines) is 2. The Morgan fingerprint density at radius 2 is 1.86 bits per heavy atom. The fourth-order valence-corrected chi connectivity index (χ4v) is 6.76. The number of nitrogens with one attached hydrogen (secondary N) is 1. The highest BCUT2D eigenvalue weighted by Gasteiger charge is 2.40. The van der Waals surface area contributed by atoms with E-state index >= 15 is 0 Å². The molecule has 2 fully saturated rings. The van der Waals surface area contributed by atoms with E-state index in [0.29, 0.717) is 12.0 Å². The SMILES string of the molecule is CNC(=O)c1ccc(-c2cn3c(n2)sc2cc(C(=O)CCCCN4CC5CC4CN5C)ccc23)cc1. The van der Waals surface area contributed by atoms with E-state index in [-0.39, 0.29) is 11.7 Å². The highest BCUT2D eigenvalue weighted by atomic mass is 32.1. The molecule has 0 saturated carbocycles. The van der Waals surface area contributed by atoms with E-state index in [4.69, 9.17) is 4.98 Å². The van der Waals surface area contributed by atoms with Crippen molar-refractivity contribution in [2.45, 2.75) is 37.8 Å². The molecule has 0 radical (unpaired) electrons. The molecule has 2 atom stereocenters. The minimum atomic E-state index is -0.102. The van der Waals surface area contributed by atoms with Gasteiger partial charge >= 0.3 is 0 Å². The number of hydrogen-bond acceptors (Lipinski definition) is 6. The summed E-state index contributed by atoms with van der Waals surface area (Å²) in [4.78, 5) is 35.5. The van der Waals surface area contributed by atoms with Crippen molar-refractivity contribution in [3.05, 3.63) is 59.8 Å². The summed E-state index contributed by atoms with van der Waals surface area (Å²) >= 11 is 1.60. The maximum Gasteiger partial charge on any atom is 0.251 e. The van der Waals surface area contributed by atoms with Crippen LogP contribution in [-0.2, 0) is 0 Å². The van der Waals surface area contributed by atoms with Gasteiger partial charge in [0.05, 0.1) is 15.9 Å². The maximum atomic E-state index is 12.9. The van der Waals surface area contributed by atoms with E-state index in [9.17, 15) is 9.59 Å². The third kappa shape index (κ3) is 4.23. The molecule has 8 heteroatoms. The third-order valence-corrected chi connectivity index (χ3v) is 8.83. The van der Waals surface area contributed by atoms with Gasteiger partial charge in [0.1, 0.15) is 0 Å². The van der Waals surface area contributed by atoms with Gasteiger partial charge in [-0.2, -0.15) is 0 Å². The van der Waals surface area contributed by atoms with Crippen molar-refractivity contribution in [3.8, 4) is 11.3 Å². The van der Waals surface area contributed by atoms with E-state index in [1.54, 1.807) is 18.4 Å². The van der Waals surface area contributed by atoms with Crippen LogP contribution in [0.25, 0.3) is 26.4 Å². The van der Waals surface area contributed by atoms with Crippen LogP contribution < -0.4 is 5.32 Å². The second-order valence-electron chi connectivity index (χ2n) is 10.1. The number of imidazole rings is 1. The van der Waals surface area contributed by atoms with Gasteiger partial charge in [0, 0.05) is 61.5 Å². The largest absolute Gasteiger partial charge is 0.355 e. The van der Waals surface area contributed by atoms with Crippen molar-refractivity contribution < 1.29 is 9.59 Å². The van der Waals surface area contributed by atoms with E-state index < -0.39 is 0 Å². The zero-order valence-corrected chi connectivity index (χ0v) is 21.6. The predicted octanol–water partition coefficient (Wildman–Crippen LogP) is 4.32. The monoisotopic (exact) mass is 501 g/mol. The summed E-state index contributed by atoms with van der Waals surface area (Å²) in [7, 11) is 3.86. The number of Topliss-reactive ketones (excluding diaryl/α,β-unsaturated/α-hetero) is 1. The predicted molar refractivity (Wildman–Crippen MR) is 144 cm³/mol. The zero-order valence-electron chi connectivity index (χ0n) is 20.7. The number of unbranched alkanes of at least 4 members (excludes halogenated alkanes) is 1. The molecule has 2 saturated heterocycles. The number of amides is 1. The zero-order chi connectivity index (χ0) is 24.8. The van der Waals surface area contributed by atoms with E-state index in [0.717, 1.165) is 63.5 Å². The lowest BCUT2D eigenvalue weighted by atomic mass is 10.0. The number of carbonyl (C=O) groups is 2. The molecule has 36 heavy (non-hydrogen) atoms. The molecule has 186 valence electrons. The average Bonchev–Trinajstić information content (AvgIpc) is 3.65. The number of hydrogen-bond donors (Lipinski definition) is 1. The summed E-state index contributed by atoms with van der Waals surface area (Å²) in [5.41, 5.74) is 4.30. The molecule has 2 unspecified atom stereocenters. The first kappa shape index (κ1) is 23.3. The van der Waals surface area contributed by atoms with Crippen LogP contribution in [0.15, 0.2) is 48.7 Å². The molecule has 7 nitrogen and oxygen atoms in total. The van der Waals surface area contributed by atoms with Crippen molar-refractivity contribution in [2.24, 2.45) is 0 Å². The molecule has 1 amide bonds. The van der Waals surface area contributed by atoms with Crippen LogP contribution in [-0.4, -0.2) is 76.7 Å². The van der Waals surface area contributed by atoms with Gasteiger partial charge in [-0.15, -0.1) is 0 Å². The summed E-state index contributed by atoms with van der Waals surface area (Å²) in [5, 5.41) is 2.64. The molecule has 4 aromatic rings. The second-order valence-corrected chi connectivity index (χ2v) is 11.1. The Hall–Kier alpha value is -3.07. The highest BCUT2D eigenvalue weighted by molar-refractivity contribution is 7.23. The summed E-state index contributed by atoms with van der Waals surface area (Å²) in [6, 6.07) is 14.9. The summed E-state index contributed by atoms with van der Waals surface area (Å²) in [6.07, 6.45) is 5.96. The van der Waals surface area contributed by atoms with Crippen molar-refractivity contribution in [1.29, 1.82) is 0 Å². The topological polar surface area (TPSA) is 70.0 Å². The molecule has 2 aromatic heterocycles. The van der Waals surface area contributed by atoms with Gasteiger partial charge in [-0.25, -0.2) is 4.98 Å². The van der Waals surface area contributed by atoms with Crippen LogP contribution in [0, 0.1) is 0 Å². The average molecular weight is 502 g/mol. The fourth-order valence-electron chi connectivity index (χ4n) is 5.72. The number of thiazole rings is 1. The van der Waals surface area contributed by atoms with Crippen LogP contribution in [0.2, 0.25) is 0 Å². The Morgan fingerprint density at radius 1 is 1.06 bits per heavy atom. The van der Waals surface area contributed by atoms with Crippen LogP contribution in [0.3, 0.4) is 0 Å². The molecule has 2 bridgehead atoms. The van der Waals surface area contributed by atoms with Gasteiger partial charge in [0.2, 0.25) is 0 Å². The van der Waals surface area contributed by atoms with Gasteiger partial charge in [-0.1, -0.05) is 23.5 Å². The van der Waals surface area contributed by atoms with Crippen LogP contribution in [0.4, 0.5) is 0 Å². The number of carbonyl (C=O) groups excluding carboxylic acids is 2. The van der Waals surface area contributed by atoms with Gasteiger partial charge in [0.15, 0.2) is 10.7 Å². The number of likely N-dealkylation sites (N-methyl/N-ethyl adjacent to an activating group) is 1. The molecular weight excluding hydrogens is 470 g/mol. The van der Waals surface area contributed by atoms with Crippen LogP contribution in [0.5, 0.6) is 0 Å². The highest BCUT2D eigenvalue weighted by Crippen LogP contribution is 2.31. The lowest BCUT2D eigenvalue weighted by Crippen LogP contribution is -2.44. The van der Waals surface area contributed by atoms with E-state index in [1.807, 2.05) is 48.7 Å². The lowest BCUT2D eigenvalue weighted by molar-refractivity contribution is 0.0959. The Morgan fingerprint density at radius 3 is 2.58 bits per heavy atom. The molecule has 4 heterocycles. The quantitative estimate of drug-likeness (QED) is 0.288. The Labute approximate surface area is 214 Å². The maximum absolute atomic E-state index is 12.9. The third-order valence-electron chi connectivity index (χ3n) is 7.81. The van der Waals surface area contributed by atoms with Crippen LogP contribution in [0.1, 0.15) is 46.4 Å². The van der Waals surface area contributed by atoms with Crippen molar-refractivity contribution >= 4 is 38.2 Å². The van der Waals surface area contributed by atoms with E-state index in [2.05, 4.69) is 26.6 Å². The number of aromatic nitrogens is 2. The first-order chi connectivity index (χ1) is 17.5. The number of rotatable bonds is 8. The fraction of sp³-hybridized carbons (Fsp3) is 0.393. The normalized spacial score (nSPS) is 20.1. The number of nitrogens with zero attached hydrogens (tertiary/aromatic N) is 4. The number of ketones is 1. The van der Waals surface area contributed by atoms with Crippen molar-refractivity contribution in [2.75, 3.05) is 33.7 Å². The smallest absolute Gasteiger partial charge is 0.251 e. The first-order valence-corrected chi connectivity index (χ1v) is 13.5. The molecule has 2 aromatic carbocycles. The molecule has 2 aliphatic heterocycles. The number of fused-ring (bicyclic) bond motifs is 5. The summed E-state index contributed by atoms with van der Waals surface area (Å²) < 4.78 is 3.15. The second kappa shape index (κ2) is 9.42. The lowest BCUT2D eigenvalue weighted by Gasteiger charge is -2.31.